The van der Waals surface area contributed by atoms with Gasteiger partial charge in [0, 0.05) is 28.8 Å². The van der Waals surface area contributed by atoms with Gasteiger partial charge in [-0.3, -0.25) is 0 Å². The van der Waals surface area contributed by atoms with Gasteiger partial charge in [-0.15, -0.1) is 0 Å². The van der Waals surface area contributed by atoms with Gasteiger partial charge in [0.15, 0.2) is 0 Å². The van der Waals surface area contributed by atoms with E-state index in [1.165, 1.54) is 89.0 Å². The summed E-state index contributed by atoms with van der Waals surface area (Å²) in [5.74, 6) is 0.315. The van der Waals surface area contributed by atoms with Crippen LogP contribution in [0.15, 0.2) is 249 Å². The second kappa shape index (κ2) is 15.5. The Morgan fingerprint density at radius 3 is 0.984 bits per heavy atom. The first-order valence-corrected chi connectivity index (χ1v) is 22.0. The van der Waals surface area contributed by atoms with E-state index < -0.39 is 0 Å². The minimum atomic E-state index is 0.149. The highest BCUT2D eigenvalue weighted by atomic mass is 15.1. The lowest BCUT2D eigenvalue weighted by molar-refractivity contribution is 0.757. The van der Waals surface area contributed by atoms with E-state index in [2.05, 4.69) is 254 Å². The molecule has 296 valence electrons. The molecule has 10 aromatic rings. The van der Waals surface area contributed by atoms with Gasteiger partial charge < -0.3 is 4.90 Å². The molecule has 0 heterocycles. The number of nitrogens with zero attached hydrogens (tertiary/aromatic N) is 1. The molecule has 0 unspecified atom stereocenters. The van der Waals surface area contributed by atoms with Crippen LogP contribution in [0.3, 0.4) is 0 Å². The van der Waals surface area contributed by atoms with E-state index in [9.17, 15) is 0 Å². The summed E-state index contributed by atoms with van der Waals surface area (Å²) in [6.07, 6.45) is 0. The Hall–Kier alpha value is -8.00. The molecule has 0 aromatic heterocycles. The van der Waals surface area contributed by atoms with Gasteiger partial charge in [0.1, 0.15) is 0 Å². The summed E-state index contributed by atoms with van der Waals surface area (Å²) >= 11 is 0. The van der Waals surface area contributed by atoms with Gasteiger partial charge in [0.2, 0.25) is 0 Å². The first-order chi connectivity index (χ1) is 31.3. The summed E-state index contributed by atoms with van der Waals surface area (Å²) in [7, 11) is 0. The van der Waals surface area contributed by atoms with Crippen molar-refractivity contribution in [3.8, 4) is 55.6 Å². The van der Waals surface area contributed by atoms with Gasteiger partial charge in [-0.2, -0.15) is 0 Å². The molecule has 0 saturated carbocycles. The zero-order valence-corrected chi connectivity index (χ0v) is 34.8. The van der Waals surface area contributed by atoms with Crippen molar-refractivity contribution in [3.63, 3.8) is 0 Å². The quantitative estimate of drug-likeness (QED) is 0.148. The van der Waals surface area contributed by atoms with E-state index in [1.807, 2.05) is 0 Å². The van der Waals surface area contributed by atoms with Crippen LogP contribution in [-0.4, -0.2) is 0 Å². The molecular formula is C62H43N. The molecule has 3 aliphatic rings. The van der Waals surface area contributed by atoms with Gasteiger partial charge in [0.05, 0.1) is 5.69 Å². The summed E-state index contributed by atoms with van der Waals surface area (Å²) in [6, 6.07) is 91.4. The molecule has 1 nitrogen and oxygen atoms in total. The van der Waals surface area contributed by atoms with Crippen LogP contribution >= 0.6 is 0 Å². The first kappa shape index (κ1) is 36.8. The Morgan fingerprint density at radius 1 is 0.222 bits per heavy atom. The smallest absolute Gasteiger partial charge is 0.0540 e. The normalized spacial score (nSPS) is 14.3. The maximum absolute atomic E-state index is 2.42. The van der Waals surface area contributed by atoms with Crippen molar-refractivity contribution in [2.45, 2.75) is 11.8 Å². The molecule has 0 spiro atoms. The van der Waals surface area contributed by atoms with Crippen LogP contribution in [0.25, 0.3) is 55.6 Å². The SMILES string of the molecule is c1ccc(-c2ccc(-c3ccccc3N(c3ccc(-c4ccccc4)cc3)c3ccc(-c4ccc(-c5ccccc5)c5c4C4c6ccccc6C5c5ccccc54)cc3)cc2)cc1. The Kier molecular flexibility index (Phi) is 9.04. The van der Waals surface area contributed by atoms with Crippen LogP contribution in [0.5, 0.6) is 0 Å². The van der Waals surface area contributed by atoms with Gasteiger partial charge in [-0.1, -0.05) is 218 Å². The molecule has 0 amide bonds. The summed E-state index contributed by atoms with van der Waals surface area (Å²) in [4.78, 5) is 2.42. The molecule has 63 heavy (non-hydrogen) atoms. The lowest BCUT2D eigenvalue weighted by Gasteiger charge is -2.44. The maximum Gasteiger partial charge on any atom is 0.0540 e. The van der Waals surface area contributed by atoms with Crippen LogP contribution in [0.2, 0.25) is 0 Å². The molecule has 10 aromatic carbocycles. The zero-order valence-electron chi connectivity index (χ0n) is 34.8. The highest BCUT2D eigenvalue weighted by Crippen LogP contribution is 2.60. The molecule has 0 saturated heterocycles. The van der Waals surface area contributed by atoms with E-state index >= 15 is 0 Å². The van der Waals surface area contributed by atoms with Crippen molar-refractivity contribution in [3.05, 3.63) is 282 Å². The minimum absolute atomic E-state index is 0.149. The summed E-state index contributed by atoms with van der Waals surface area (Å²) in [5.41, 5.74) is 24.2. The average molecular weight is 802 g/mol. The zero-order chi connectivity index (χ0) is 41.7. The fourth-order valence-corrected chi connectivity index (χ4v) is 10.4. The van der Waals surface area contributed by atoms with Crippen molar-refractivity contribution in [1.29, 1.82) is 0 Å². The number of benzene rings is 10. The van der Waals surface area contributed by atoms with E-state index in [-0.39, 0.29) is 11.8 Å². The number of hydrogen-bond donors (Lipinski definition) is 0. The van der Waals surface area contributed by atoms with Gasteiger partial charge in [-0.25, -0.2) is 0 Å². The number of rotatable bonds is 8. The van der Waals surface area contributed by atoms with Crippen molar-refractivity contribution in [2.24, 2.45) is 0 Å². The third-order valence-corrected chi connectivity index (χ3v) is 13.3. The Bertz CT molecular complexity index is 3190. The van der Waals surface area contributed by atoms with E-state index in [0.717, 1.165) is 17.1 Å². The monoisotopic (exact) mass is 801 g/mol. The highest BCUT2D eigenvalue weighted by Gasteiger charge is 2.43. The number of hydrogen-bond acceptors (Lipinski definition) is 1. The minimum Gasteiger partial charge on any atom is -0.310 e. The number of para-hydroxylation sites is 1. The lowest BCUT2D eigenvalue weighted by atomic mass is 9.58. The predicted octanol–water partition coefficient (Wildman–Crippen LogP) is 16.5. The van der Waals surface area contributed by atoms with E-state index in [4.69, 9.17) is 0 Å². The largest absolute Gasteiger partial charge is 0.310 e. The topological polar surface area (TPSA) is 3.24 Å². The van der Waals surface area contributed by atoms with Crippen LogP contribution in [0, 0.1) is 0 Å². The summed E-state index contributed by atoms with van der Waals surface area (Å²) in [5, 5.41) is 0. The maximum atomic E-state index is 2.42. The van der Waals surface area contributed by atoms with Crippen LogP contribution in [0.4, 0.5) is 17.1 Å². The Morgan fingerprint density at radius 2 is 0.524 bits per heavy atom. The predicted molar refractivity (Wildman–Crippen MR) is 263 cm³/mol. The van der Waals surface area contributed by atoms with E-state index in [1.54, 1.807) is 0 Å². The summed E-state index contributed by atoms with van der Waals surface area (Å²) in [6.45, 7) is 0. The molecule has 2 bridgehead atoms. The van der Waals surface area contributed by atoms with Gasteiger partial charge in [0.25, 0.3) is 0 Å². The summed E-state index contributed by atoms with van der Waals surface area (Å²) < 4.78 is 0. The first-order valence-electron chi connectivity index (χ1n) is 22.0. The second-order valence-corrected chi connectivity index (χ2v) is 16.7. The van der Waals surface area contributed by atoms with Crippen molar-refractivity contribution in [1.82, 2.24) is 0 Å². The molecule has 0 aliphatic heterocycles. The van der Waals surface area contributed by atoms with E-state index in [0.29, 0.717) is 0 Å². The van der Waals surface area contributed by atoms with Crippen molar-refractivity contribution >= 4 is 17.1 Å². The van der Waals surface area contributed by atoms with Crippen LogP contribution in [-0.2, 0) is 0 Å². The molecule has 0 fully saturated rings. The Labute approximate surface area is 369 Å². The third kappa shape index (κ3) is 6.32. The fourth-order valence-electron chi connectivity index (χ4n) is 10.4. The third-order valence-electron chi connectivity index (χ3n) is 13.3. The standard InChI is InChI=1S/C62H43N/c1-4-16-42(17-5-1)44-28-30-47(31-29-44)51-22-14-15-27-58(51)63(49-36-32-45(33-37-49)43-18-6-2-7-19-43)50-38-34-48(35-39-50)53-41-40-52(46-20-8-3-9-21-46)61-59-54-23-10-12-25-56(54)60(62(53)61)57-26-13-11-24-55(57)59/h1-41,59-60H. The van der Waals surface area contributed by atoms with Crippen LogP contribution < -0.4 is 4.90 Å². The lowest BCUT2D eigenvalue weighted by Crippen LogP contribution is -2.28. The van der Waals surface area contributed by atoms with Crippen LogP contribution in [0.1, 0.15) is 45.2 Å². The molecule has 3 aliphatic carbocycles. The molecule has 0 radical (unpaired) electrons. The highest BCUT2D eigenvalue weighted by molar-refractivity contribution is 5.91. The molecule has 0 atom stereocenters. The van der Waals surface area contributed by atoms with Gasteiger partial charge >= 0.3 is 0 Å². The molecular weight excluding hydrogens is 759 g/mol. The van der Waals surface area contributed by atoms with Crippen molar-refractivity contribution in [2.75, 3.05) is 4.90 Å². The fraction of sp³-hybridized carbons (Fsp3) is 0.0323. The van der Waals surface area contributed by atoms with Gasteiger partial charge in [-0.05, 0) is 114 Å². The average Bonchev–Trinajstić information content (AvgIpc) is 3.37. The molecule has 0 N–H and O–H groups in total. The second-order valence-electron chi connectivity index (χ2n) is 16.7. The van der Waals surface area contributed by atoms with Crippen molar-refractivity contribution < 1.29 is 0 Å². The number of anilines is 3. The molecule has 13 rings (SSSR count). The Balaban J connectivity index is 0.999. The molecule has 1 heteroatoms.